The lowest BCUT2D eigenvalue weighted by molar-refractivity contribution is -0.119. The van der Waals surface area contributed by atoms with Crippen molar-refractivity contribution >= 4 is 34.2 Å². The maximum absolute atomic E-state index is 11.7. The van der Waals surface area contributed by atoms with Crippen LogP contribution in [0.5, 0.6) is 0 Å². The summed E-state index contributed by atoms with van der Waals surface area (Å²) in [6.45, 7) is 2.57. The Morgan fingerprint density at radius 3 is 2.62 bits per heavy atom. The number of carbonyl (C=O) groups is 1. The highest BCUT2D eigenvalue weighted by Gasteiger charge is 2.11. The summed E-state index contributed by atoms with van der Waals surface area (Å²) in [6.07, 6.45) is 1.73. The molecule has 3 nitrogen and oxygen atoms in total. The van der Waals surface area contributed by atoms with Crippen LogP contribution in [0.3, 0.4) is 0 Å². The molecule has 88 valence electrons. The van der Waals surface area contributed by atoms with Gasteiger partial charge in [-0.25, -0.2) is 0 Å². The largest absolute Gasteiger partial charge is 0.330 e. The maximum Gasteiger partial charge on any atom is 0.227 e. The average molecular weight is 332 g/mol. The minimum Gasteiger partial charge on any atom is -0.330 e. The van der Waals surface area contributed by atoms with Crippen LogP contribution in [-0.2, 0) is 4.79 Å². The van der Waals surface area contributed by atoms with Gasteiger partial charge >= 0.3 is 0 Å². The van der Waals surface area contributed by atoms with Gasteiger partial charge in [0.1, 0.15) is 0 Å². The topological polar surface area (TPSA) is 55.1 Å². The van der Waals surface area contributed by atoms with Crippen molar-refractivity contribution in [1.82, 2.24) is 0 Å². The van der Waals surface area contributed by atoms with Gasteiger partial charge in [0.25, 0.3) is 0 Å². The molecule has 0 aliphatic rings. The molecule has 1 aromatic rings. The maximum atomic E-state index is 11.7. The number of hydrogen-bond acceptors (Lipinski definition) is 2. The monoisotopic (exact) mass is 332 g/mol. The molecule has 1 amide bonds. The van der Waals surface area contributed by atoms with Crippen molar-refractivity contribution in [1.29, 1.82) is 0 Å². The van der Waals surface area contributed by atoms with E-state index in [1.807, 2.05) is 31.2 Å². The third-order valence-corrected chi connectivity index (χ3v) is 3.12. The molecular weight excluding hydrogens is 315 g/mol. The fourth-order valence-corrected chi connectivity index (χ4v) is 1.71. The lowest BCUT2D eigenvalue weighted by Crippen LogP contribution is -2.21. The molecule has 1 aromatic carbocycles. The second-order valence-electron chi connectivity index (χ2n) is 3.83. The Hall–Kier alpha value is -0.620. The van der Waals surface area contributed by atoms with E-state index < -0.39 is 0 Å². The van der Waals surface area contributed by atoms with Crippen LogP contribution in [-0.4, -0.2) is 12.5 Å². The first-order valence-corrected chi connectivity index (χ1v) is 6.48. The number of amides is 1. The molecule has 0 aromatic heterocycles. The smallest absolute Gasteiger partial charge is 0.227 e. The molecule has 3 N–H and O–H groups in total. The normalized spacial score (nSPS) is 12.2. The van der Waals surface area contributed by atoms with E-state index in [1.165, 1.54) is 0 Å². The van der Waals surface area contributed by atoms with Crippen molar-refractivity contribution in [3.05, 3.63) is 27.8 Å². The van der Waals surface area contributed by atoms with Crippen molar-refractivity contribution in [2.45, 2.75) is 19.8 Å². The van der Waals surface area contributed by atoms with Gasteiger partial charge in [0.05, 0.1) is 0 Å². The number of carbonyl (C=O) groups excluding carboxylic acids is 1. The fraction of sp³-hybridized carbons (Fsp3) is 0.417. The molecule has 0 spiro atoms. The molecular formula is C12H17IN2O. The van der Waals surface area contributed by atoms with Crippen molar-refractivity contribution in [3.63, 3.8) is 0 Å². The van der Waals surface area contributed by atoms with Crippen LogP contribution in [0, 0.1) is 9.49 Å². The highest BCUT2D eigenvalue weighted by atomic mass is 127. The van der Waals surface area contributed by atoms with E-state index in [0.29, 0.717) is 6.54 Å². The minimum atomic E-state index is 0.0165. The predicted octanol–water partition coefficient (Wildman–Crippen LogP) is 2.60. The first kappa shape index (κ1) is 13.4. The van der Waals surface area contributed by atoms with E-state index in [-0.39, 0.29) is 11.8 Å². The van der Waals surface area contributed by atoms with Gasteiger partial charge in [-0.05, 0) is 66.2 Å². The van der Waals surface area contributed by atoms with Gasteiger partial charge < -0.3 is 11.1 Å². The minimum absolute atomic E-state index is 0.0165. The Kier molecular flexibility index (Phi) is 5.76. The molecule has 0 radical (unpaired) electrons. The van der Waals surface area contributed by atoms with E-state index in [1.54, 1.807) is 0 Å². The number of rotatable bonds is 5. The van der Waals surface area contributed by atoms with Crippen LogP contribution in [0.15, 0.2) is 24.3 Å². The standard InChI is InChI=1S/C12H17IN2O/c1-9(3-2-8-14)12(16)15-11-6-4-10(13)5-7-11/h4-7,9H,2-3,8,14H2,1H3,(H,15,16). The summed E-state index contributed by atoms with van der Waals surface area (Å²) in [4.78, 5) is 11.7. The Balaban J connectivity index is 2.47. The second kappa shape index (κ2) is 6.85. The number of benzene rings is 1. The number of nitrogens with one attached hydrogen (secondary N) is 1. The fourth-order valence-electron chi connectivity index (χ4n) is 1.35. The molecule has 1 unspecified atom stereocenters. The summed E-state index contributed by atoms with van der Waals surface area (Å²) in [5.41, 5.74) is 6.27. The quantitative estimate of drug-likeness (QED) is 0.815. The van der Waals surface area contributed by atoms with Crippen LogP contribution in [0.4, 0.5) is 5.69 Å². The summed E-state index contributed by atoms with van der Waals surface area (Å²) >= 11 is 2.24. The Bertz CT molecular complexity index is 337. The van der Waals surface area contributed by atoms with Crippen LogP contribution < -0.4 is 11.1 Å². The molecule has 0 heterocycles. The number of anilines is 1. The lowest BCUT2D eigenvalue weighted by atomic mass is 10.0. The van der Waals surface area contributed by atoms with Crippen LogP contribution in [0.25, 0.3) is 0 Å². The Morgan fingerprint density at radius 1 is 1.44 bits per heavy atom. The third-order valence-electron chi connectivity index (χ3n) is 2.40. The van der Waals surface area contributed by atoms with Gasteiger partial charge in [0.15, 0.2) is 0 Å². The van der Waals surface area contributed by atoms with Crippen molar-refractivity contribution in [2.75, 3.05) is 11.9 Å². The zero-order valence-electron chi connectivity index (χ0n) is 9.37. The van der Waals surface area contributed by atoms with Gasteiger partial charge in [0.2, 0.25) is 5.91 Å². The first-order valence-electron chi connectivity index (χ1n) is 5.40. The summed E-state index contributed by atoms with van der Waals surface area (Å²) in [6, 6.07) is 7.77. The van der Waals surface area contributed by atoms with Gasteiger partial charge in [0, 0.05) is 15.2 Å². The average Bonchev–Trinajstić information content (AvgIpc) is 2.29. The van der Waals surface area contributed by atoms with Crippen molar-refractivity contribution < 1.29 is 4.79 Å². The van der Waals surface area contributed by atoms with Gasteiger partial charge in [-0.3, -0.25) is 4.79 Å². The van der Waals surface area contributed by atoms with E-state index in [4.69, 9.17) is 5.73 Å². The third kappa shape index (κ3) is 4.49. The predicted molar refractivity (Wildman–Crippen MR) is 75.2 cm³/mol. The molecule has 0 fully saturated rings. The molecule has 0 saturated carbocycles. The van der Waals surface area contributed by atoms with E-state index in [0.717, 1.165) is 22.1 Å². The summed E-state index contributed by atoms with van der Waals surface area (Å²) in [7, 11) is 0. The van der Waals surface area contributed by atoms with E-state index in [2.05, 4.69) is 27.9 Å². The highest BCUT2D eigenvalue weighted by molar-refractivity contribution is 14.1. The second-order valence-corrected chi connectivity index (χ2v) is 5.07. The van der Waals surface area contributed by atoms with Gasteiger partial charge in [-0.15, -0.1) is 0 Å². The molecule has 0 aliphatic carbocycles. The molecule has 0 aliphatic heterocycles. The lowest BCUT2D eigenvalue weighted by Gasteiger charge is -2.11. The van der Waals surface area contributed by atoms with Crippen LogP contribution in [0.1, 0.15) is 19.8 Å². The molecule has 0 saturated heterocycles. The van der Waals surface area contributed by atoms with Crippen molar-refractivity contribution in [3.8, 4) is 0 Å². The van der Waals surface area contributed by atoms with Gasteiger partial charge in [-0.2, -0.15) is 0 Å². The molecule has 0 bridgehead atoms. The highest BCUT2D eigenvalue weighted by Crippen LogP contribution is 2.13. The number of nitrogens with two attached hydrogens (primary N) is 1. The Morgan fingerprint density at radius 2 is 2.06 bits per heavy atom. The first-order chi connectivity index (χ1) is 7.63. The number of halogens is 1. The Labute approximate surface area is 110 Å². The van der Waals surface area contributed by atoms with Gasteiger partial charge in [-0.1, -0.05) is 6.92 Å². The van der Waals surface area contributed by atoms with Crippen molar-refractivity contribution in [2.24, 2.45) is 11.7 Å². The molecule has 16 heavy (non-hydrogen) atoms. The number of hydrogen-bond donors (Lipinski definition) is 2. The summed E-state index contributed by atoms with van der Waals surface area (Å²) in [5.74, 6) is 0.0810. The zero-order chi connectivity index (χ0) is 12.0. The molecule has 1 atom stereocenters. The van der Waals surface area contributed by atoms with Crippen LogP contribution in [0.2, 0.25) is 0 Å². The van der Waals surface area contributed by atoms with E-state index >= 15 is 0 Å². The van der Waals surface area contributed by atoms with E-state index in [9.17, 15) is 4.79 Å². The summed E-state index contributed by atoms with van der Waals surface area (Å²) < 4.78 is 1.16. The van der Waals surface area contributed by atoms with Crippen LogP contribution >= 0.6 is 22.6 Å². The molecule has 1 rings (SSSR count). The SMILES string of the molecule is CC(CCCN)C(=O)Nc1ccc(I)cc1. The zero-order valence-corrected chi connectivity index (χ0v) is 11.5. The molecule has 4 heteroatoms. The summed E-state index contributed by atoms with van der Waals surface area (Å²) in [5, 5.41) is 2.89.